The minimum absolute atomic E-state index is 0.122. The largest absolute Gasteiger partial charge is 0.497 e. The number of urea groups is 1. The van der Waals surface area contributed by atoms with Gasteiger partial charge in [0.1, 0.15) is 29.5 Å². The quantitative estimate of drug-likeness (QED) is 0.655. The van der Waals surface area contributed by atoms with E-state index in [0.29, 0.717) is 43.4 Å². The average Bonchev–Trinajstić information content (AvgIpc) is 2.79. The van der Waals surface area contributed by atoms with Gasteiger partial charge in [-0.1, -0.05) is 6.07 Å². The first-order chi connectivity index (χ1) is 15.1. The molecule has 2 N–H and O–H groups in total. The number of anilines is 4. The van der Waals surface area contributed by atoms with Gasteiger partial charge in [0.15, 0.2) is 0 Å². The van der Waals surface area contributed by atoms with Crippen molar-refractivity contribution in [1.29, 1.82) is 0 Å². The number of hydrogen-bond donors (Lipinski definition) is 2. The van der Waals surface area contributed by atoms with Gasteiger partial charge < -0.3 is 25.2 Å². The van der Waals surface area contributed by atoms with E-state index in [1.807, 2.05) is 43.3 Å². The lowest BCUT2D eigenvalue weighted by Gasteiger charge is -2.35. The van der Waals surface area contributed by atoms with Gasteiger partial charge in [-0.05, 0) is 36.8 Å². The van der Waals surface area contributed by atoms with Gasteiger partial charge in [-0.15, -0.1) is 0 Å². The Morgan fingerprint density at radius 3 is 2.58 bits per heavy atom. The predicted molar refractivity (Wildman–Crippen MR) is 120 cm³/mol. The van der Waals surface area contributed by atoms with Gasteiger partial charge >= 0.3 is 6.03 Å². The van der Waals surface area contributed by atoms with Crippen LogP contribution in [0.15, 0.2) is 55.0 Å². The van der Waals surface area contributed by atoms with Crippen LogP contribution >= 0.6 is 0 Å². The number of aromatic nitrogens is 3. The van der Waals surface area contributed by atoms with Gasteiger partial charge in [0.05, 0.1) is 7.11 Å². The number of amides is 2. The lowest BCUT2D eigenvalue weighted by atomic mass is 10.3. The van der Waals surface area contributed by atoms with Crippen molar-refractivity contribution in [2.24, 2.45) is 0 Å². The fraction of sp³-hybridized carbons (Fsp3) is 0.273. The maximum absolute atomic E-state index is 12.6. The zero-order valence-corrected chi connectivity index (χ0v) is 17.6. The molecule has 4 rings (SSSR count). The van der Waals surface area contributed by atoms with Crippen LogP contribution < -0.4 is 20.3 Å². The van der Waals surface area contributed by atoms with Crippen LogP contribution in [0, 0.1) is 6.92 Å². The van der Waals surface area contributed by atoms with E-state index in [2.05, 4.69) is 30.5 Å². The molecule has 9 nitrogen and oxygen atoms in total. The Kier molecular flexibility index (Phi) is 6.11. The highest BCUT2D eigenvalue weighted by Gasteiger charge is 2.22. The summed E-state index contributed by atoms with van der Waals surface area (Å²) < 4.78 is 5.21. The van der Waals surface area contributed by atoms with Gasteiger partial charge in [-0.3, -0.25) is 0 Å². The molecule has 3 aromatic rings. The zero-order chi connectivity index (χ0) is 21.6. The first-order valence-electron chi connectivity index (χ1n) is 10.1. The number of benzene rings is 1. The van der Waals surface area contributed by atoms with Crippen molar-refractivity contribution in [3.8, 4) is 5.75 Å². The van der Waals surface area contributed by atoms with Gasteiger partial charge in [-0.25, -0.2) is 19.7 Å². The highest BCUT2D eigenvalue weighted by Crippen LogP contribution is 2.20. The van der Waals surface area contributed by atoms with Crippen molar-refractivity contribution in [1.82, 2.24) is 19.9 Å². The fourth-order valence-electron chi connectivity index (χ4n) is 3.37. The lowest BCUT2D eigenvalue weighted by molar-refractivity contribution is 0.208. The summed E-state index contributed by atoms with van der Waals surface area (Å²) in [5, 5.41) is 6.14. The molecule has 1 aliphatic heterocycles. The van der Waals surface area contributed by atoms with Crippen LogP contribution in [-0.4, -0.2) is 59.2 Å². The minimum atomic E-state index is -0.122. The topological polar surface area (TPSA) is 95.5 Å². The van der Waals surface area contributed by atoms with Crippen LogP contribution in [0.2, 0.25) is 0 Å². The van der Waals surface area contributed by atoms with Crippen LogP contribution in [0.4, 0.5) is 27.9 Å². The molecule has 1 saturated heterocycles. The smallest absolute Gasteiger partial charge is 0.321 e. The van der Waals surface area contributed by atoms with E-state index in [-0.39, 0.29) is 6.03 Å². The molecule has 1 aliphatic rings. The van der Waals surface area contributed by atoms with Crippen molar-refractivity contribution < 1.29 is 9.53 Å². The molecule has 9 heteroatoms. The highest BCUT2D eigenvalue weighted by atomic mass is 16.5. The Morgan fingerprint density at radius 2 is 1.81 bits per heavy atom. The molecular weight excluding hydrogens is 394 g/mol. The number of carbonyl (C=O) groups is 1. The summed E-state index contributed by atoms with van der Waals surface area (Å²) in [6, 6.07) is 13.0. The summed E-state index contributed by atoms with van der Waals surface area (Å²) in [6.07, 6.45) is 3.30. The molecule has 0 aliphatic carbocycles. The SMILES string of the molecule is COc1cccc(NC(=O)N2CCN(c3cc(Nc4cc(C)ccn4)ncn3)CC2)c1. The first-order valence-corrected chi connectivity index (χ1v) is 10.1. The van der Waals surface area contributed by atoms with Crippen molar-refractivity contribution in [3.05, 3.63) is 60.6 Å². The Bertz CT molecular complexity index is 1050. The molecule has 31 heavy (non-hydrogen) atoms. The Labute approximate surface area is 181 Å². The van der Waals surface area contributed by atoms with E-state index in [0.717, 1.165) is 17.2 Å². The molecule has 2 amide bonds. The number of nitrogens with zero attached hydrogens (tertiary/aromatic N) is 5. The summed E-state index contributed by atoms with van der Waals surface area (Å²) in [5.41, 5.74) is 1.83. The third-order valence-electron chi connectivity index (χ3n) is 5.04. The normalized spacial score (nSPS) is 13.6. The Morgan fingerprint density at radius 1 is 1.00 bits per heavy atom. The molecule has 1 fully saturated rings. The maximum Gasteiger partial charge on any atom is 0.321 e. The van der Waals surface area contributed by atoms with Crippen LogP contribution in [0.5, 0.6) is 5.75 Å². The Balaban J connectivity index is 1.34. The minimum Gasteiger partial charge on any atom is -0.497 e. The second-order valence-corrected chi connectivity index (χ2v) is 7.24. The van der Waals surface area contributed by atoms with Gasteiger partial charge in [0.2, 0.25) is 0 Å². The van der Waals surface area contributed by atoms with Crippen LogP contribution in [0.25, 0.3) is 0 Å². The average molecular weight is 419 g/mol. The number of rotatable bonds is 5. The monoisotopic (exact) mass is 419 g/mol. The zero-order valence-electron chi connectivity index (χ0n) is 17.6. The summed E-state index contributed by atoms with van der Waals surface area (Å²) in [5.74, 6) is 2.94. The van der Waals surface area contributed by atoms with E-state index in [1.165, 1.54) is 6.33 Å². The van der Waals surface area contributed by atoms with Crippen molar-refractivity contribution in [2.75, 3.05) is 48.8 Å². The van der Waals surface area contributed by atoms with Crippen molar-refractivity contribution >= 4 is 29.2 Å². The number of methoxy groups -OCH3 is 1. The number of nitrogens with one attached hydrogen (secondary N) is 2. The summed E-state index contributed by atoms with van der Waals surface area (Å²) in [4.78, 5) is 29.5. The van der Waals surface area contributed by atoms with Gasteiger partial charge in [0.25, 0.3) is 0 Å². The summed E-state index contributed by atoms with van der Waals surface area (Å²) in [7, 11) is 1.60. The number of hydrogen-bond acceptors (Lipinski definition) is 7. The van der Waals surface area contributed by atoms with Gasteiger partial charge in [0, 0.05) is 50.2 Å². The van der Waals surface area contributed by atoms with E-state index in [4.69, 9.17) is 4.74 Å². The van der Waals surface area contributed by atoms with E-state index in [9.17, 15) is 4.79 Å². The van der Waals surface area contributed by atoms with E-state index < -0.39 is 0 Å². The second kappa shape index (κ2) is 9.29. The molecule has 0 bridgehead atoms. The standard InChI is InChI=1S/C22H25N7O2/c1-16-6-7-23-19(12-16)27-20-14-21(25-15-24-20)28-8-10-29(11-9-28)22(30)26-17-4-3-5-18(13-17)31-2/h3-7,12-15H,8-11H2,1-2H3,(H,26,30)(H,23,24,25,27). The van der Waals surface area contributed by atoms with Crippen LogP contribution in [-0.2, 0) is 0 Å². The third kappa shape index (κ3) is 5.19. The molecular formula is C22H25N7O2. The molecule has 1 aromatic carbocycles. The Hall–Kier alpha value is -3.88. The number of piperazine rings is 1. The van der Waals surface area contributed by atoms with Gasteiger partial charge in [-0.2, -0.15) is 0 Å². The van der Waals surface area contributed by atoms with Crippen LogP contribution in [0.1, 0.15) is 5.56 Å². The van der Waals surface area contributed by atoms with Crippen molar-refractivity contribution in [2.45, 2.75) is 6.92 Å². The second-order valence-electron chi connectivity index (χ2n) is 7.24. The molecule has 0 unspecified atom stereocenters. The number of ether oxygens (including phenoxy) is 1. The first kappa shape index (κ1) is 20.4. The van der Waals surface area contributed by atoms with Crippen LogP contribution in [0.3, 0.4) is 0 Å². The molecule has 0 spiro atoms. The highest BCUT2D eigenvalue weighted by molar-refractivity contribution is 5.89. The number of carbonyl (C=O) groups excluding carboxylic acids is 1. The fourth-order valence-corrected chi connectivity index (χ4v) is 3.37. The third-order valence-corrected chi connectivity index (χ3v) is 5.04. The summed E-state index contributed by atoms with van der Waals surface area (Å²) >= 11 is 0. The lowest BCUT2D eigenvalue weighted by Crippen LogP contribution is -2.50. The molecule has 0 atom stereocenters. The molecule has 160 valence electrons. The van der Waals surface area contributed by atoms with E-state index in [1.54, 1.807) is 24.3 Å². The molecule has 2 aromatic heterocycles. The molecule has 0 saturated carbocycles. The maximum atomic E-state index is 12.6. The van der Waals surface area contributed by atoms with Crippen molar-refractivity contribution in [3.63, 3.8) is 0 Å². The predicted octanol–water partition coefficient (Wildman–Crippen LogP) is 3.29. The number of aryl methyl sites for hydroxylation is 1. The summed E-state index contributed by atoms with van der Waals surface area (Å²) in [6.45, 7) is 4.58. The molecule has 0 radical (unpaired) electrons. The number of pyridine rings is 1. The van der Waals surface area contributed by atoms with E-state index >= 15 is 0 Å². The molecule has 3 heterocycles.